The Hall–Kier alpha value is -1.55. The number of amides is 1. The predicted octanol–water partition coefficient (Wildman–Crippen LogP) is 2.95. The van der Waals surface area contributed by atoms with Gasteiger partial charge in [-0.1, -0.05) is 32.0 Å². The topological polar surface area (TPSA) is 32.8 Å². The number of hydrogen-bond acceptors (Lipinski definition) is 3. The summed E-state index contributed by atoms with van der Waals surface area (Å²) >= 11 is 0. The van der Waals surface area contributed by atoms with E-state index in [1.54, 1.807) is 7.11 Å². The van der Waals surface area contributed by atoms with Gasteiger partial charge in [0.15, 0.2) is 0 Å². The number of nitrogens with zero attached hydrogens (tertiary/aromatic N) is 2. The van der Waals surface area contributed by atoms with Crippen molar-refractivity contribution in [2.45, 2.75) is 32.7 Å². The van der Waals surface area contributed by atoms with Crippen LogP contribution in [0, 0.1) is 5.92 Å². The van der Waals surface area contributed by atoms with Crippen LogP contribution in [0.1, 0.15) is 38.3 Å². The van der Waals surface area contributed by atoms with E-state index in [2.05, 4.69) is 31.9 Å². The Morgan fingerprint density at radius 2 is 1.95 bits per heavy atom. The molecule has 4 nitrogen and oxygen atoms in total. The van der Waals surface area contributed by atoms with Crippen molar-refractivity contribution >= 4 is 5.91 Å². The molecule has 1 unspecified atom stereocenters. The molecule has 0 radical (unpaired) electrons. The number of rotatable bonds is 5. The van der Waals surface area contributed by atoms with E-state index < -0.39 is 0 Å². The molecule has 1 aromatic carbocycles. The Kier molecular flexibility index (Phi) is 5.83. The van der Waals surface area contributed by atoms with Gasteiger partial charge in [-0.15, -0.1) is 0 Å². The lowest BCUT2D eigenvalue weighted by molar-refractivity contribution is -0.138. The van der Waals surface area contributed by atoms with E-state index in [-0.39, 0.29) is 12.0 Å². The van der Waals surface area contributed by atoms with Crippen LogP contribution in [0.4, 0.5) is 0 Å². The van der Waals surface area contributed by atoms with Gasteiger partial charge in [0.1, 0.15) is 5.75 Å². The van der Waals surface area contributed by atoms with E-state index in [0.717, 1.165) is 43.8 Å². The Labute approximate surface area is 134 Å². The first kappa shape index (κ1) is 16.8. The van der Waals surface area contributed by atoms with Crippen molar-refractivity contribution in [1.82, 2.24) is 9.80 Å². The number of para-hydroxylation sites is 1. The van der Waals surface area contributed by atoms with Gasteiger partial charge >= 0.3 is 0 Å². The summed E-state index contributed by atoms with van der Waals surface area (Å²) in [6.07, 6.45) is 1.84. The molecule has 0 bridgehead atoms. The third kappa shape index (κ3) is 3.43. The zero-order valence-corrected chi connectivity index (χ0v) is 14.2. The highest BCUT2D eigenvalue weighted by molar-refractivity contribution is 5.79. The molecule has 1 atom stereocenters. The summed E-state index contributed by atoms with van der Waals surface area (Å²) in [6, 6.07) is 8.31. The number of ether oxygens (including phenoxy) is 1. The fourth-order valence-electron chi connectivity index (χ4n) is 3.25. The number of carbonyl (C=O) groups excluding carboxylic acids is 1. The molecular weight excluding hydrogens is 276 g/mol. The van der Waals surface area contributed by atoms with Crippen LogP contribution in [0.25, 0.3) is 0 Å². The van der Waals surface area contributed by atoms with Crippen molar-refractivity contribution in [2.75, 3.05) is 33.8 Å². The lowest BCUT2D eigenvalue weighted by Gasteiger charge is -2.41. The van der Waals surface area contributed by atoms with Crippen molar-refractivity contribution < 1.29 is 9.53 Å². The third-order valence-electron chi connectivity index (χ3n) is 4.79. The van der Waals surface area contributed by atoms with Crippen LogP contribution in [-0.4, -0.2) is 49.5 Å². The third-order valence-corrected chi connectivity index (χ3v) is 4.79. The van der Waals surface area contributed by atoms with Crippen molar-refractivity contribution in [3.8, 4) is 5.75 Å². The van der Waals surface area contributed by atoms with Crippen LogP contribution < -0.4 is 4.74 Å². The molecular formula is C18H28N2O2. The number of hydrogen-bond donors (Lipinski definition) is 0. The highest BCUT2D eigenvalue weighted by atomic mass is 16.5. The van der Waals surface area contributed by atoms with Crippen LogP contribution in [0.15, 0.2) is 24.3 Å². The first-order valence-corrected chi connectivity index (χ1v) is 8.24. The molecule has 22 heavy (non-hydrogen) atoms. The minimum atomic E-state index is 0.154. The van der Waals surface area contributed by atoms with Gasteiger partial charge in [-0.2, -0.15) is 0 Å². The second kappa shape index (κ2) is 7.63. The van der Waals surface area contributed by atoms with Gasteiger partial charge in [-0.3, -0.25) is 9.69 Å². The van der Waals surface area contributed by atoms with Crippen LogP contribution >= 0.6 is 0 Å². The number of likely N-dealkylation sites (N-methyl/N-ethyl adjacent to an activating group) is 1. The predicted molar refractivity (Wildman–Crippen MR) is 89.0 cm³/mol. The minimum Gasteiger partial charge on any atom is -0.496 e. The van der Waals surface area contributed by atoms with Gasteiger partial charge in [-0.25, -0.2) is 0 Å². The molecule has 1 heterocycles. The van der Waals surface area contributed by atoms with Crippen LogP contribution in [0.5, 0.6) is 5.75 Å². The Morgan fingerprint density at radius 3 is 2.59 bits per heavy atom. The van der Waals surface area contributed by atoms with E-state index >= 15 is 0 Å². The molecule has 1 saturated heterocycles. The summed E-state index contributed by atoms with van der Waals surface area (Å²) in [4.78, 5) is 17.0. The summed E-state index contributed by atoms with van der Waals surface area (Å²) in [5.41, 5.74) is 1.16. The average molecular weight is 304 g/mol. The molecule has 1 amide bonds. The second-order valence-electron chi connectivity index (χ2n) is 6.04. The highest BCUT2D eigenvalue weighted by Crippen LogP contribution is 2.31. The van der Waals surface area contributed by atoms with Crippen molar-refractivity contribution in [3.63, 3.8) is 0 Å². The Bertz CT molecular complexity index is 500. The van der Waals surface area contributed by atoms with Gasteiger partial charge in [0.05, 0.1) is 13.2 Å². The van der Waals surface area contributed by atoms with Crippen LogP contribution in [0.3, 0.4) is 0 Å². The molecule has 0 aliphatic carbocycles. The molecule has 122 valence electrons. The maximum Gasteiger partial charge on any atom is 0.225 e. The minimum absolute atomic E-state index is 0.154. The number of piperazine rings is 1. The van der Waals surface area contributed by atoms with E-state index in [4.69, 9.17) is 4.74 Å². The quantitative estimate of drug-likeness (QED) is 0.838. The molecule has 2 rings (SSSR count). The maximum atomic E-state index is 12.7. The van der Waals surface area contributed by atoms with Gasteiger partial charge in [0, 0.05) is 31.1 Å². The van der Waals surface area contributed by atoms with E-state index in [0.29, 0.717) is 5.91 Å². The lowest BCUT2D eigenvalue weighted by atomic mass is 9.98. The SMILES string of the molecule is CCC(CC)C(=O)N1CCN(C)C(c2ccccc2OC)C1. The summed E-state index contributed by atoms with van der Waals surface area (Å²) < 4.78 is 5.50. The van der Waals surface area contributed by atoms with Crippen molar-refractivity contribution in [1.29, 1.82) is 0 Å². The lowest BCUT2D eigenvalue weighted by Crippen LogP contribution is -2.50. The van der Waals surface area contributed by atoms with Crippen LogP contribution in [0.2, 0.25) is 0 Å². The molecule has 1 fully saturated rings. The summed E-state index contributed by atoms with van der Waals surface area (Å²) in [7, 11) is 3.82. The molecule has 0 aromatic heterocycles. The highest BCUT2D eigenvalue weighted by Gasteiger charge is 2.31. The standard InChI is InChI=1S/C18H28N2O2/c1-5-14(6-2)18(21)20-12-11-19(3)16(13-20)15-9-7-8-10-17(15)22-4/h7-10,14,16H,5-6,11-13H2,1-4H3. The van der Waals surface area contributed by atoms with Crippen LogP contribution in [-0.2, 0) is 4.79 Å². The molecule has 4 heteroatoms. The van der Waals surface area contributed by atoms with Gasteiger partial charge in [0.2, 0.25) is 5.91 Å². The number of methoxy groups -OCH3 is 1. The van der Waals surface area contributed by atoms with Gasteiger partial charge < -0.3 is 9.64 Å². The fraction of sp³-hybridized carbons (Fsp3) is 0.611. The largest absolute Gasteiger partial charge is 0.496 e. The zero-order chi connectivity index (χ0) is 16.1. The van der Waals surface area contributed by atoms with Crippen molar-refractivity contribution in [3.05, 3.63) is 29.8 Å². The number of carbonyl (C=O) groups is 1. The van der Waals surface area contributed by atoms with E-state index in [1.165, 1.54) is 0 Å². The maximum absolute atomic E-state index is 12.7. The monoisotopic (exact) mass is 304 g/mol. The molecule has 1 aliphatic rings. The van der Waals surface area contributed by atoms with E-state index in [1.807, 2.05) is 23.1 Å². The molecule has 1 aromatic rings. The zero-order valence-electron chi connectivity index (χ0n) is 14.2. The van der Waals surface area contributed by atoms with Gasteiger partial charge in [0.25, 0.3) is 0 Å². The fourth-order valence-corrected chi connectivity index (χ4v) is 3.25. The molecule has 0 N–H and O–H groups in total. The summed E-state index contributed by atoms with van der Waals surface area (Å²) in [6.45, 7) is 6.65. The van der Waals surface area contributed by atoms with E-state index in [9.17, 15) is 4.79 Å². The number of benzene rings is 1. The molecule has 1 aliphatic heterocycles. The first-order chi connectivity index (χ1) is 10.6. The average Bonchev–Trinajstić information content (AvgIpc) is 2.56. The second-order valence-corrected chi connectivity index (χ2v) is 6.04. The molecule has 0 spiro atoms. The smallest absolute Gasteiger partial charge is 0.225 e. The van der Waals surface area contributed by atoms with Crippen molar-refractivity contribution in [2.24, 2.45) is 5.92 Å². The summed E-state index contributed by atoms with van der Waals surface area (Å²) in [5.74, 6) is 1.36. The molecule has 0 saturated carbocycles. The Balaban J connectivity index is 2.19. The normalized spacial score (nSPS) is 19.5. The van der Waals surface area contributed by atoms with Gasteiger partial charge in [-0.05, 0) is 26.0 Å². The Morgan fingerprint density at radius 1 is 1.27 bits per heavy atom. The summed E-state index contributed by atoms with van der Waals surface area (Å²) in [5, 5.41) is 0. The first-order valence-electron chi connectivity index (χ1n) is 8.24.